The van der Waals surface area contributed by atoms with E-state index < -0.39 is 0 Å². The Bertz CT molecular complexity index is 779. The summed E-state index contributed by atoms with van der Waals surface area (Å²) in [5.41, 5.74) is 0.710. The molecule has 3 aromatic rings. The van der Waals surface area contributed by atoms with E-state index in [2.05, 4.69) is 36.6 Å². The van der Waals surface area contributed by atoms with Crippen LogP contribution in [0.3, 0.4) is 0 Å². The minimum Gasteiger partial charge on any atom is -0.338 e. The van der Waals surface area contributed by atoms with Crippen molar-refractivity contribution in [2.24, 2.45) is 0 Å². The number of carbonyl (C=O) groups is 1. The molecular formula is C13H13BrN6O. The van der Waals surface area contributed by atoms with Gasteiger partial charge in [0.25, 0.3) is 0 Å². The highest BCUT2D eigenvalue weighted by atomic mass is 79.9. The second-order valence-electron chi connectivity index (χ2n) is 4.32. The molecule has 8 heteroatoms. The van der Waals surface area contributed by atoms with Gasteiger partial charge in [0.05, 0.1) is 6.20 Å². The number of carbonyl (C=O) groups excluding carboxylic acids is 1. The maximum Gasteiger partial charge on any atom is 0.320 e. The van der Waals surface area contributed by atoms with E-state index in [0.717, 1.165) is 10.3 Å². The number of anilines is 1. The van der Waals surface area contributed by atoms with Gasteiger partial charge in [0.1, 0.15) is 11.5 Å². The number of fused-ring (bicyclic) bond motifs is 1. The molecule has 0 aliphatic carbocycles. The molecule has 108 valence electrons. The van der Waals surface area contributed by atoms with Crippen LogP contribution in [0.5, 0.6) is 0 Å². The van der Waals surface area contributed by atoms with Crippen molar-refractivity contribution < 1.29 is 4.79 Å². The quantitative estimate of drug-likeness (QED) is 0.763. The van der Waals surface area contributed by atoms with Crippen molar-refractivity contribution in [3.8, 4) is 5.82 Å². The lowest BCUT2D eigenvalue weighted by atomic mass is 10.4. The number of pyridine rings is 1. The van der Waals surface area contributed by atoms with E-state index in [1.807, 2.05) is 35.7 Å². The number of hydrogen-bond acceptors (Lipinski definition) is 3. The molecule has 3 aromatic heterocycles. The zero-order chi connectivity index (χ0) is 14.8. The fourth-order valence-electron chi connectivity index (χ4n) is 2.00. The lowest BCUT2D eigenvalue weighted by Gasteiger charge is -2.05. The Morgan fingerprint density at radius 2 is 2.29 bits per heavy atom. The largest absolute Gasteiger partial charge is 0.338 e. The maximum atomic E-state index is 11.6. The van der Waals surface area contributed by atoms with Crippen molar-refractivity contribution in [2.45, 2.75) is 6.92 Å². The van der Waals surface area contributed by atoms with Crippen molar-refractivity contribution in [1.82, 2.24) is 24.5 Å². The number of rotatable bonds is 3. The molecule has 0 radical (unpaired) electrons. The molecule has 0 spiro atoms. The second-order valence-corrected chi connectivity index (χ2v) is 5.24. The van der Waals surface area contributed by atoms with E-state index in [0.29, 0.717) is 18.0 Å². The maximum absolute atomic E-state index is 11.6. The molecule has 0 aliphatic rings. The van der Waals surface area contributed by atoms with Gasteiger partial charge in [-0.2, -0.15) is 5.10 Å². The van der Waals surface area contributed by atoms with Crippen LogP contribution in [0.2, 0.25) is 0 Å². The van der Waals surface area contributed by atoms with Crippen LogP contribution < -0.4 is 10.6 Å². The van der Waals surface area contributed by atoms with Gasteiger partial charge >= 0.3 is 6.03 Å². The number of aromatic nitrogens is 4. The molecule has 21 heavy (non-hydrogen) atoms. The van der Waals surface area contributed by atoms with E-state index in [1.165, 1.54) is 0 Å². The molecule has 0 unspecified atom stereocenters. The van der Waals surface area contributed by atoms with Crippen molar-refractivity contribution >= 4 is 33.4 Å². The van der Waals surface area contributed by atoms with Crippen LogP contribution in [0.15, 0.2) is 41.3 Å². The molecule has 0 saturated carbocycles. The molecular weight excluding hydrogens is 336 g/mol. The van der Waals surface area contributed by atoms with Crippen LogP contribution in [0.1, 0.15) is 6.92 Å². The Morgan fingerprint density at radius 3 is 3.00 bits per heavy atom. The zero-order valence-corrected chi connectivity index (χ0v) is 12.8. The topological polar surface area (TPSA) is 76.2 Å². The monoisotopic (exact) mass is 348 g/mol. The normalized spacial score (nSPS) is 10.8. The Morgan fingerprint density at radius 1 is 1.43 bits per heavy atom. The first-order chi connectivity index (χ1) is 10.2. The Balaban J connectivity index is 2.04. The van der Waals surface area contributed by atoms with E-state index in [9.17, 15) is 4.79 Å². The van der Waals surface area contributed by atoms with Gasteiger partial charge in [-0.05, 0) is 25.1 Å². The molecule has 0 aromatic carbocycles. The Kier molecular flexibility index (Phi) is 3.61. The van der Waals surface area contributed by atoms with E-state index in [-0.39, 0.29) is 6.03 Å². The molecule has 0 fully saturated rings. The molecule has 3 rings (SSSR count). The molecule has 2 N–H and O–H groups in total. The van der Waals surface area contributed by atoms with Gasteiger partial charge in [-0.3, -0.25) is 9.72 Å². The minimum atomic E-state index is -0.277. The minimum absolute atomic E-state index is 0.277. The molecule has 0 bridgehead atoms. The summed E-state index contributed by atoms with van der Waals surface area (Å²) in [4.78, 5) is 16.0. The van der Waals surface area contributed by atoms with Crippen LogP contribution in [0.4, 0.5) is 10.6 Å². The highest BCUT2D eigenvalue weighted by Gasteiger charge is 2.10. The average Bonchev–Trinajstić information content (AvgIpc) is 3.06. The van der Waals surface area contributed by atoms with Gasteiger partial charge in [0, 0.05) is 23.4 Å². The van der Waals surface area contributed by atoms with Crippen molar-refractivity contribution in [3.05, 3.63) is 41.3 Å². The number of imidazole rings is 1. The van der Waals surface area contributed by atoms with Crippen molar-refractivity contribution in [2.75, 3.05) is 11.9 Å². The fraction of sp³-hybridized carbons (Fsp3) is 0.154. The summed E-state index contributed by atoms with van der Waals surface area (Å²) in [6.07, 6.45) is 5.31. The SMILES string of the molecule is CCNC(=O)Nc1cn2c(-n3cccn3)cc(Br)cc2n1. The van der Waals surface area contributed by atoms with Gasteiger partial charge in [-0.15, -0.1) is 0 Å². The smallest absolute Gasteiger partial charge is 0.320 e. The summed E-state index contributed by atoms with van der Waals surface area (Å²) >= 11 is 3.46. The van der Waals surface area contributed by atoms with Crippen molar-refractivity contribution in [3.63, 3.8) is 0 Å². The van der Waals surface area contributed by atoms with Gasteiger partial charge in [0.2, 0.25) is 0 Å². The Labute approximate surface area is 129 Å². The molecule has 3 heterocycles. The number of nitrogens with zero attached hydrogens (tertiary/aromatic N) is 4. The third-order valence-corrected chi connectivity index (χ3v) is 3.29. The Hall–Kier alpha value is -2.35. The van der Waals surface area contributed by atoms with E-state index in [4.69, 9.17) is 0 Å². The predicted octanol–water partition coefficient (Wildman–Crippen LogP) is 2.42. The summed E-state index contributed by atoms with van der Waals surface area (Å²) in [6, 6.07) is 5.37. The van der Waals surface area contributed by atoms with Gasteiger partial charge in [-0.1, -0.05) is 15.9 Å². The molecule has 7 nitrogen and oxygen atoms in total. The molecule has 0 saturated heterocycles. The van der Waals surface area contributed by atoms with Gasteiger partial charge in [0.15, 0.2) is 5.82 Å². The zero-order valence-electron chi connectivity index (χ0n) is 11.2. The van der Waals surface area contributed by atoms with Gasteiger partial charge < -0.3 is 5.32 Å². The second kappa shape index (κ2) is 5.57. The van der Waals surface area contributed by atoms with Crippen LogP contribution in [-0.2, 0) is 0 Å². The first-order valence-corrected chi connectivity index (χ1v) is 7.20. The fourth-order valence-corrected chi connectivity index (χ4v) is 2.41. The third kappa shape index (κ3) is 2.75. The van der Waals surface area contributed by atoms with Crippen molar-refractivity contribution in [1.29, 1.82) is 0 Å². The number of hydrogen-bond donors (Lipinski definition) is 2. The van der Waals surface area contributed by atoms with E-state index >= 15 is 0 Å². The highest BCUT2D eigenvalue weighted by Crippen LogP contribution is 2.21. The van der Waals surface area contributed by atoms with Crippen LogP contribution in [0, 0.1) is 0 Å². The first kappa shape index (κ1) is 13.6. The predicted molar refractivity (Wildman–Crippen MR) is 82.7 cm³/mol. The third-order valence-electron chi connectivity index (χ3n) is 2.83. The lowest BCUT2D eigenvalue weighted by molar-refractivity contribution is 0.252. The average molecular weight is 349 g/mol. The summed E-state index contributed by atoms with van der Waals surface area (Å²) < 4.78 is 4.48. The van der Waals surface area contributed by atoms with Crippen LogP contribution >= 0.6 is 15.9 Å². The summed E-state index contributed by atoms with van der Waals surface area (Å²) in [5.74, 6) is 1.30. The summed E-state index contributed by atoms with van der Waals surface area (Å²) in [7, 11) is 0. The standard InChI is InChI=1S/C13H13BrN6O/c1-2-15-13(21)18-10-8-19-11(17-10)6-9(14)7-12(19)20-5-3-4-16-20/h3-8H,2H2,1H3,(H2,15,18,21). The molecule has 0 atom stereocenters. The summed E-state index contributed by atoms with van der Waals surface area (Å²) in [5, 5.41) is 9.59. The number of halogens is 1. The first-order valence-electron chi connectivity index (χ1n) is 6.41. The van der Waals surface area contributed by atoms with Gasteiger partial charge in [-0.25, -0.2) is 14.5 Å². The van der Waals surface area contributed by atoms with E-state index in [1.54, 1.807) is 17.1 Å². The number of nitrogens with one attached hydrogen (secondary N) is 2. The number of amides is 2. The van der Waals surface area contributed by atoms with Crippen LogP contribution in [0.25, 0.3) is 11.5 Å². The highest BCUT2D eigenvalue weighted by molar-refractivity contribution is 9.10. The number of urea groups is 1. The summed E-state index contributed by atoms with van der Waals surface area (Å²) in [6.45, 7) is 2.42. The molecule has 0 aliphatic heterocycles. The molecule has 2 amide bonds. The lowest BCUT2D eigenvalue weighted by Crippen LogP contribution is -2.28. The van der Waals surface area contributed by atoms with Crippen LogP contribution in [-0.4, -0.2) is 31.7 Å².